The van der Waals surface area contributed by atoms with Gasteiger partial charge >= 0.3 is 0 Å². The van der Waals surface area contributed by atoms with E-state index >= 15 is 0 Å². The summed E-state index contributed by atoms with van der Waals surface area (Å²) in [6, 6.07) is 0.616. The lowest BCUT2D eigenvalue weighted by Gasteiger charge is -2.49. The highest BCUT2D eigenvalue weighted by Gasteiger charge is 2.50. The summed E-state index contributed by atoms with van der Waals surface area (Å²) < 4.78 is 5.79. The maximum atomic E-state index is 5.79. The first-order valence-electron chi connectivity index (χ1n) is 4.62. The third-order valence-electron chi connectivity index (χ3n) is 2.99. The van der Waals surface area contributed by atoms with E-state index in [0.29, 0.717) is 12.0 Å². The molecular formula is C9H17NO. The van der Waals surface area contributed by atoms with Crippen molar-refractivity contribution in [2.75, 3.05) is 13.2 Å². The molecule has 0 aromatic carbocycles. The van der Waals surface area contributed by atoms with E-state index in [-0.39, 0.29) is 5.60 Å². The SMILES string of the molecule is CC(C)[C@H]1NC[C@@]12CCCO2. The summed E-state index contributed by atoms with van der Waals surface area (Å²) in [6.45, 7) is 6.58. The summed E-state index contributed by atoms with van der Waals surface area (Å²) in [4.78, 5) is 0. The van der Waals surface area contributed by atoms with Crippen molar-refractivity contribution in [3.05, 3.63) is 0 Å². The molecule has 2 atom stereocenters. The molecule has 0 unspecified atom stereocenters. The molecule has 0 aliphatic carbocycles. The smallest absolute Gasteiger partial charge is 0.0961 e. The standard InChI is InChI=1S/C9H17NO/c1-7(2)8-9(6-10-8)4-3-5-11-9/h7-8,10H,3-6H2,1-2H3/t8-,9+/m1/s1. The minimum Gasteiger partial charge on any atom is -0.372 e. The normalized spacial score (nSPS) is 43.4. The monoisotopic (exact) mass is 155 g/mol. The number of hydrogen-bond acceptors (Lipinski definition) is 2. The van der Waals surface area contributed by atoms with Gasteiger partial charge in [-0.3, -0.25) is 0 Å². The van der Waals surface area contributed by atoms with E-state index in [1.807, 2.05) is 0 Å². The maximum Gasteiger partial charge on any atom is 0.0961 e. The number of rotatable bonds is 1. The molecule has 2 nitrogen and oxygen atoms in total. The van der Waals surface area contributed by atoms with Crippen molar-refractivity contribution in [1.29, 1.82) is 0 Å². The molecule has 2 fully saturated rings. The van der Waals surface area contributed by atoms with Crippen LogP contribution in [0.2, 0.25) is 0 Å². The molecule has 0 bridgehead atoms. The van der Waals surface area contributed by atoms with Gasteiger partial charge in [0.25, 0.3) is 0 Å². The zero-order chi connectivity index (χ0) is 7.90. The average molecular weight is 155 g/mol. The Morgan fingerprint density at radius 1 is 1.55 bits per heavy atom. The molecule has 2 aliphatic heterocycles. The molecule has 0 saturated carbocycles. The van der Waals surface area contributed by atoms with Crippen LogP contribution >= 0.6 is 0 Å². The maximum absolute atomic E-state index is 5.79. The minimum absolute atomic E-state index is 0.244. The van der Waals surface area contributed by atoms with Crippen molar-refractivity contribution < 1.29 is 4.74 Å². The topological polar surface area (TPSA) is 21.3 Å². The molecule has 64 valence electrons. The van der Waals surface area contributed by atoms with Crippen LogP contribution in [0.5, 0.6) is 0 Å². The fourth-order valence-corrected chi connectivity index (χ4v) is 2.39. The van der Waals surface area contributed by atoms with Gasteiger partial charge in [0.05, 0.1) is 5.60 Å². The second-order valence-corrected chi connectivity index (χ2v) is 4.12. The van der Waals surface area contributed by atoms with Crippen LogP contribution in [-0.2, 0) is 4.74 Å². The largest absolute Gasteiger partial charge is 0.372 e. The summed E-state index contributed by atoms with van der Waals surface area (Å²) in [5.41, 5.74) is 0.244. The molecule has 2 saturated heterocycles. The molecule has 0 aromatic heterocycles. The van der Waals surface area contributed by atoms with Gasteiger partial charge in [-0.25, -0.2) is 0 Å². The Morgan fingerprint density at radius 2 is 2.36 bits per heavy atom. The molecule has 0 radical (unpaired) electrons. The van der Waals surface area contributed by atoms with E-state index < -0.39 is 0 Å². The molecule has 11 heavy (non-hydrogen) atoms. The molecule has 2 heteroatoms. The second-order valence-electron chi connectivity index (χ2n) is 4.12. The third kappa shape index (κ3) is 1.00. The molecule has 2 aliphatic rings. The molecule has 0 amide bonds. The van der Waals surface area contributed by atoms with E-state index in [0.717, 1.165) is 13.2 Å². The summed E-state index contributed by atoms with van der Waals surface area (Å²) >= 11 is 0. The number of nitrogens with one attached hydrogen (secondary N) is 1. The van der Waals surface area contributed by atoms with Gasteiger partial charge in [-0.1, -0.05) is 13.8 Å². The molecule has 0 aromatic rings. The van der Waals surface area contributed by atoms with Crippen LogP contribution in [0.1, 0.15) is 26.7 Å². The number of ether oxygens (including phenoxy) is 1. The quantitative estimate of drug-likeness (QED) is 0.613. The van der Waals surface area contributed by atoms with Gasteiger partial charge in [0.15, 0.2) is 0 Å². The predicted octanol–water partition coefficient (Wildman–Crippen LogP) is 1.16. The molecule has 2 heterocycles. The van der Waals surface area contributed by atoms with E-state index in [2.05, 4.69) is 19.2 Å². The molecule has 2 rings (SSSR count). The Bertz CT molecular complexity index is 150. The summed E-state index contributed by atoms with van der Waals surface area (Å²) in [5.74, 6) is 0.710. The Hall–Kier alpha value is -0.0800. The van der Waals surface area contributed by atoms with E-state index in [4.69, 9.17) is 4.74 Å². The minimum atomic E-state index is 0.244. The fourth-order valence-electron chi connectivity index (χ4n) is 2.39. The van der Waals surface area contributed by atoms with Crippen LogP contribution in [0.3, 0.4) is 0 Å². The summed E-state index contributed by atoms with van der Waals surface area (Å²) in [7, 11) is 0. The predicted molar refractivity (Wildman–Crippen MR) is 44.5 cm³/mol. The summed E-state index contributed by atoms with van der Waals surface area (Å²) in [5, 5.41) is 3.45. The van der Waals surface area contributed by atoms with Crippen LogP contribution in [0, 0.1) is 5.92 Å². The van der Waals surface area contributed by atoms with Crippen molar-refractivity contribution >= 4 is 0 Å². The van der Waals surface area contributed by atoms with Gasteiger partial charge in [-0.05, 0) is 18.8 Å². The number of hydrogen-bond donors (Lipinski definition) is 1. The van der Waals surface area contributed by atoms with Crippen LogP contribution in [0.15, 0.2) is 0 Å². The molecular weight excluding hydrogens is 138 g/mol. The average Bonchev–Trinajstić information content (AvgIpc) is 2.31. The highest BCUT2D eigenvalue weighted by molar-refractivity contribution is 5.07. The Morgan fingerprint density at radius 3 is 2.73 bits per heavy atom. The van der Waals surface area contributed by atoms with Crippen LogP contribution in [0.4, 0.5) is 0 Å². The van der Waals surface area contributed by atoms with E-state index in [9.17, 15) is 0 Å². The Labute approximate surface area is 68.3 Å². The first kappa shape index (κ1) is 7.56. The summed E-state index contributed by atoms with van der Waals surface area (Å²) in [6.07, 6.45) is 2.52. The second kappa shape index (κ2) is 2.46. The Balaban J connectivity index is 2.03. The lowest BCUT2D eigenvalue weighted by atomic mass is 9.77. The van der Waals surface area contributed by atoms with Crippen LogP contribution in [-0.4, -0.2) is 24.8 Å². The van der Waals surface area contributed by atoms with Gasteiger partial charge in [-0.15, -0.1) is 0 Å². The van der Waals surface area contributed by atoms with Gasteiger partial charge < -0.3 is 10.1 Å². The van der Waals surface area contributed by atoms with Crippen molar-refractivity contribution in [3.63, 3.8) is 0 Å². The first-order chi connectivity index (χ1) is 5.25. The lowest BCUT2D eigenvalue weighted by Crippen LogP contribution is -2.69. The first-order valence-corrected chi connectivity index (χ1v) is 4.62. The highest BCUT2D eigenvalue weighted by atomic mass is 16.5. The van der Waals surface area contributed by atoms with E-state index in [1.165, 1.54) is 12.8 Å². The van der Waals surface area contributed by atoms with Crippen molar-refractivity contribution in [2.45, 2.75) is 38.3 Å². The fraction of sp³-hybridized carbons (Fsp3) is 1.00. The van der Waals surface area contributed by atoms with Crippen LogP contribution < -0.4 is 5.32 Å². The van der Waals surface area contributed by atoms with Crippen LogP contribution in [0.25, 0.3) is 0 Å². The van der Waals surface area contributed by atoms with Gasteiger partial charge in [-0.2, -0.15) is 0 Å². The lowest BCUT2D eigenvalue weighted by molar-refractivity contribution is -0.0908. The Kier molecular flexibility index (Phi) is 1.69. The zero-order valence-electron chi connectivity index (χ0n) is 7.39. The van der Waals surface area contributed by atoms with Gasteiger partial charge in [0, 0.05) is 19.2 Å². The van der Waals surface area contributed by atoms with Crippen molar-refractivity contribution in [1.82, 2.24) is 5.32 Å². The van der Waals surface area contributed by atoms with Crippen molar-refractivity contribution in [3.8, 4) is 0 Å². The molecule has 1 spiro atoms. The third-order valence-corrected chi connectivity index (χ3v) is 2.99. The van der Waals surface area contributed by atoms with Gasteiger partial charge in [0.2, 0.25) is 0 Å². The zero-order valence-corrected chi connectivity index (χ0v) is 7.39. The highest BCUT2D eigenvalue weighted by Crippen LogP contribution is 2.37. The van der Waals surface area contributed by atoms with Crippen molar-refractivity contribution in [2.24, 2.45) is 5.92 Å². The molecule has 1 N–H and O–H groups in total. The van der Waals surface area contributed by atoms with Gasteiger partial charge in [0.1, 0.15) is 0 Å². The van der Waals surface area contributed by atoms with E-state index in [1.54, 1.807) is 0 Å².